The lowest BCUT2D eigenvalue weighted by molar-refractivity contribution is -0.120. The molecule has 0 saturated carbocycles. The third kappa shape index (κ3) is 6.39. The first-order valence-corrected chi connectivity index (χ1v) is 9.16. The molecule has 6 heteroatoms. The molecule has 0 atom stereocenters. The average Bonchev–Trinajstić information content (AvgIpc) is 2.73. The van der Waals surface area contributed by atoms with Gasteiger partial charge in [0.1, 0.15) is 11.5 Å². The molecular formula is C23H22N2O4. The molecule has 6 nitrogen and oxygen atoms in total. The minimum absolute atomic E-state index is 0.105. The van der Waals surface area contributed by atoms with Crippen LogP contribution in [0, 0.1) is 0 Å². The van der Waals surface area contributed by atoms with Gasteiger partial charge in [-0.1, -0.05) is 48.5 Å². The Morgan fingerprint density at radius 2 is 1.48 bits per heavy atom. The van der Waals surface area contributed by atoms with E-state index >= 15 is 0 Å². The van der Waals surface area contributed by atoms with Crippen LogP contribution >= 0.6 is 0 Å². The summed E-state index contributed by atoms with van der Waals surface area (Å²) < 4.78 is 10.9. The van der Waals surface area contributed by atoms with Crippen molar-refractivity contribution in [1.29, 1.82) is 0 Å². The van der Waals surface area contributed by atoms with Crippen molar-refractivity contribution in [3.8, 4) is 11.5 Å². The zero-order chi connectivity index (χ0) is 20.5. The number of rotatable bonds is 9. The second-order valence-electron chi connectivity index (χ2n) is 6.39. The number of carbonyl (C=O) groups excluding carboxylic acids is 2. The summed E-state index contributed by atoms with van der Waals surface area (Å²) in [6.45, 7) is -0.298. The fraction of sp³-hybridized carbons (Fsp3) is 0.130. The Morgan fingerprint density at radius 1 is 0.793 bits per heavy atom. The number of anilines is 1. The van der Waals surface area contributed by atoms with Crippen LogP contribution in [-0.2, 0) is 16.0 Å². The van der Waals surface area contributed by atoms with E-state index in [1.807, 2.05) is 42.5 Å². The SMILES string of the molecule is NC(=O)COc1ccc(NC(=O)COc2ccccc2Cc2ccccc2)cc1. The molecule has 0 radical (unpaired) electrons. The van der Waals surface area contributed by atoms with E-state index in [0.29, 0.717) is 17.2 Å². The van der Waals surface area contributed by atoms with Crippen molar-refractivity contribution in [2.24, 2.45) is 5.73 Å². The van der Waals surface area contributed by atoms with Crippen molar-refractivity contribution < 1.29 is 19.1 Å². The van der Waals surface area contributed by atoms with Crippen molar-refractivity contribution in [3.05, 3.63) is 90.0 Å². The predicted molar refractivity (Wildman–Crippen MR) is 111 cm³/mol. The van der Waals surface area contributed by atoms with Gasteiger partial charge in [-0.15, -0.1) is 0 Å². The molecule has 0 spiro atoms. The highest BCUT2D eigenvalue weighted by Crippen LogP contribution is 2.21. The number of benzene rings is 3. The molecule has 0 heterocycles. The summed E-state index contributed by atoms with van der Waals surface area (Å²) in [5.41, 5.74) is 7.82. The maximum absolute atomic E-state index is 12.2. The minimum Gasteiger partial charge on any atom is -0.484 e. The standard InChI is InChI=1S/C23H22N2O4/c24-22(26)15-28-20-12-10-19(11-13-20)25-23(27)16-29-21-9-5-4-8-18(21)14-17-6-2-1-3-7-17/h1-13H,14-16H2,(H2,24,26)(H,25,27). The molecule has 0 aliphatic rings. The molecule has 0 fully saturated rings. The Balaban J connectivity index is 1.54. The van der Waals surface area contributed by atoms with E-state index in [4.69, 9.17) is 15.2 Å². The largest absolute Gasteiger partial charge is 0.484 e. The van der Waals surface area contributed by atoms with E-state index in [9.17, 15) is 9.59 Å². The third-order valence-corrected chi connectivity index (χ3v) is 4.09. The highest BCUT2D eigenvalue weighted by molar-refractivity contribution is 5.91. The molecule has 29 heavy (non-hydrogen) atoms. The fourth-order valence-corrected chi connectivity index (χ4v) is 2.74. The van der Waals surface area contributed by atoms with Gasteiger partial charge in [0.15, 0.2) is 13.2 Å². The third-order valence-electron chi connectivity index (χ3n) is 4.09. The average molecular weight is 390 g/mol. The zero-order valence-corrected chi connectivity index (χ0v) is 15.8. The first-order valence-electron chi connectivity index (χ1n) is 9.16. The summed E-state index contributed by atoms with van der Waals surface area (Å²) >= 11 is 0. The van der Waals surface area contributed by atoms with E-state index in [-0.39, 0.29) is 19.1 Å². The Bertz CT molecular complexity index is 956. The van der Waals surface area contributed by atoms with Crippen molar-refractivity contribution in [2.45, 2.75) is 6.42 Å². The van der Waals surface area contributed by atoms with Crippen LogP contribution in [0.4, 0.5) is 5.69 Å². The van der Waals surface area contributed by atoms with Gasteiger partial charge in [0, 0.05) is 12.1 Å². The number of nitrogens with two attached hydrogens (primary N) is 1. The topological polar surface area (TPSA) is 90.7 Å². The van der Waals surface area contributed by atoms with E-state index in [2.05, 4.69) is 17.4 Å². The van der Waals surface area contributed by atoms with Crippen LogP contribution in [-0.4, -0.2) is 25.0 Å². The molecular weight excluding hydrogens is 368 g/mol. The van der Waals surface area contributed by atoms with Crippen LogP contribution in [0.5, 0.6) is 11.5 Å². The highest BCUT2D eigenvalue weighted by Gasteiger charge is 2.08. The summed E-state index contributed by atoms with van der Waals surface area (Å²) in [5, 5.41) is 2.76. The Labute approximate surface area is 169 Å². The van der Waals surface area contributed by atoms with Crippen LogP contribution < -0.4 is 20.5 Å². The maximum atomic E-state index is 12.2. The molecule has 0 unspecified atom stereocenters. The van der Waals surface area contributed by atoms with Crippen LogP contribution in [0.1, 0.15) is 11.1 Å². The van der Waals surface area contributed by atoms with Crippen molar-refractivity contribution in [3.63, 3.8) is 0 Å². The number of amides is 2. The van der Waals surface area contributed by atoms with Gasteiger partial charge in [-0.3, -0.25) is 9.59 Å². The molecule has 2 amide bonds. The minimum atomic E-state index is -0.549. The summed E-state index contributed by atoms with van der Waals surface area (Å²) in [7, 11) is 0. The molecule has 0 bridgehead atoms. The van der Waals surface area contributed by atoms with E-state index in [1.54, 1.807) is 24.3 Å². The molecule has 148 valence electrons. The lowest BCUT2D eigenvalue weighted by Crippen LogP contribution is -2.21. The molecule has 3 rings (SSSR count). The van der Waals surface area contributed by atoms with Gasteiger partial charge in [-0.05, 0) is 41.5 Å². The van der Waals surface area contributed by atoms with Crippen LogP contribution in [0.2, 0.25) is 0 Å². The number of hydrogen-bond donors (Lipinski definition) is 2. The van der Waals surface area contributed by atoms with Gasteiger partial charge in [-0.25, -0.2) is 0 Å². The summed E-state index contributed by atoms with van der Waals surface area (Å²) in [4.78, 5) is 23.0. The van der Waals surface area contributed by atoms with E-state index in [1.165, 1.54) is 5.56 Å². The van der Waals surface area contributed by atoms with Crippen LogP contribution in [0.15, 0.2) is 78.9 Å². The van der Waals surface area contributed by atoms with E-state index < -0.39 is 5.91 Å². The molecule has 3 aromatic rings. The first kappa shape index (κ1) is 19.9. The summed E-state index contributed by atoms with van der Waals surface area (Å²) in [6, 6.07) is 24.4. The second-order valence-corrected chi connectivity index (χ2v) is 6.39. The van der Waals surface area contributed by atoms with Gasteiger partial charge >= 0.3 is 0 Å². The number of hydrogen-bond acceptors (Lipinski definition) is 4. The Kier molecular flexibility index (Phi) is 6.84. The van der Waals surface area contributed by atoms with Gasteiger partial charge in [-0.2, -0.15) is 0 Å². The summed E-state index contributed by atoms with van der Waals surface area (Å²) in [6.07, 6.45) is 0.728. The van der Waals surface area contributed by atoms with Gasteiger partial charge in [0.2, 0.25) is 0 Å². The highest BCUT2D eigenvalue weighted by atomic mass is 16.5. The van der Waals surface area contributed by atoms with Crippen LogP contribution in [0.3, 0.4) is 0 Å². The van der Waals surface area contributed by atoms with Crippen molar-refractivity contribution in [1.82, 2.24) is 0 Å². The van der Waals surface area contributed by atoms with Gasteiger partial charge in [0.05, 0.1) is 0 Å². The Morgan fingerprint density at radius 3 is 2.21 bits per heavy atom. The smallest absolute Gasteiger partial charge is 0.262 e. The number of para-hydroxylation sites is 1. The van der Waals surface area contributed by atoms with Gasteiger partial charge < -0.3 is 20.5 Å². The predicted octanol–water partition coefficient (Wildman–Crippen LogP) is 3.16. The molecule has 3 aromatic carbocycles. The zero-order valence-electron chi connectivity index (χ0n) is 15.8. The lowest BCUT2D eigenvalue weighted by Gasteiger charge is -2.12. The quantitative estimate of drug-likeness (QED) is 0.587. The van der Waals surface area contributed by atoms with E-state index in [0.717, 1.165) is 12.0 Å². The summed E-state index contributed by atoms with van der Waals surface area (Å²) in [5.74, 6) is 0.354. The normalized spacial score (nSPS) is 10.2. The number of primary amides is 1. The number of carbonyl (C=O) groups is 2. The monoisotopic (exact) mass is 390 g/mol. The molecule has 3 N–H and O–H groups in total. The van der Waals surface area contributed by atoms with Crippen molar-refractivity contribution >= 4 is 17.5 Å². The molecule has 0 saturated heterocycles. The first-order chi connectivity index (χ1) is 14.1. The van der Waals surface area contributed by atoms with Crippen molar-refractivity contribution in [2.75, 3.05) is 18.5 Å². The maximum Gasteiger partial charge on any atom is 0.262 e. The molecule has 0 aliphatic heterocycles. The lowest BCUT2D eigenvalue weighted by atomic mass is 10.0. The molecule has 0 aromatic heterocycles. The Hall–Kier alpha value is -3.80. The van der Waals surface area contributed by atoms with Crippen LogP contribution in [0.25, 0.3) is 0 Å². The molecule has 0 aliphatic carbocycles. The fourth-order valence-electron chi connectivity index (χ4n) is 2.74. The second kappa shape index (κ2) is 9.94. The number of nitrogens with one attached hydrogen (secondary N) is 1. The van der Waals surface area contributed by atoms with Gasteiger partial charge in [0.25, 0.3) is 11.8 Å². The number of ether oxygens (including phenoxy) is 2.